The second-order valence-electron chi connectivity index (χ2n) is 11.2. The molecule has 0 radical (unpaired) electrons. The molecule has 7 rings (SSSR count). The molecule has 9 nitrogen and oxygen atoms in total. The highest BCUT2D eigenvalue weighted by Crippen LogP contribution is 2.53. The second-order valence-corrected chi connectivity index (χ2v) is 11.2. The van der Waals surface area contributed by atoms with Gasteiger partial charge in [-0.1, -0.05) is 12.1 Å². The molecule has 1 fully saturated rings. The van der Waals surface area contributed by atoms with Crippen molar-refractivity contribution >= 4 is 16.9 Å². The van der Waals surface area contributed by atoms with Gasteiger partial charge in [-0.2, -0.15) is 22.0 Å². The Morgan fingerprint density at radius 3 is 2.48 bits per heavy atom. The van der Waals surface area contributed by atoms with E-state index in [9.17, 15) is 31.9 Å². The number of hydrogen-bond donors (Lipinski definition) is 2. The summed E-state index contributed by atoms with van der Waals surface area (Å²) in [5.74, 6) is 0.215. The molecule has 3 aliphatic rings. The summed E-state index contributed by atoms with van der Waals surface area (Å²) < 4.78 is 72.8. The molecule has 14 heteroatoms. The molecule has 0 unspecified atom stereocenters. The van der Waals surface area contributed by atoms with E-state index in [0.717, 1.165) is 0 Å². The van der Waals surface area contributed by atoms with Crippen LogP contribution in [0.3, 0.4) is 0 Å². The van der Waals surface area contributed by atoms with E-state index >= 15 is 0 Å². The third-order valence-corrected chi connectivity index (χ3v) is 8.58. The maximum atomic E-state index is 13.3. The lowest BCUT2D eigenvalue weighted by molar-refractivity contribution is -0.304. The molecule has 1 amide bonds. The van der Waals surface area contributed by atoms with Gasteiger partial charge in [0.05, 0.1) is 28.7 Å². The first-order valence-electron chi connectivity index (χ1n) is 13.1. The van der Waals surface area contributed by atoms with Gasteiger partial charge in [0.1, 0.15) is 17.4 Å². The van der Waals surface area contributed by atoms with Gasteiger partial charge in [0, 0.05) is 55.4 Å². The van der Waals surface area contributed by atoms with Crippen LogP contribution in [0.4, 0.5) is 22.0 Å². The molecular formula is C28H23F5N6O3. The van der Waals surface area contributed by atoms with Gasteiger partial charge in [0.25, 0.3) is 5.91 Å². The number of hydrogen-bond acceptors (Lipinski definition) is 7. The van der Waals surface area contributed by atoms with Crippen molar-refractivity contribution in [3.05, 3.63) is 71.6 Å². The van der Waals surface area contributed by atoms with Crippen molar-refractivity contribution in [3.8, 4) is 16.9 Å². The van der Waals surface area contributed by atoms with Crippen LogP contribution in [0.1, 0.15) is 58.9 Å². The van der Waals surface area contributed by atoms with Crippen molar-refractivity contribution in [2.24, 2.45) is 5.73 Å². The Balaban J connectivity index is 1.28. The second kappa shape index (κ2) is 8.67. The number of aliphatic hydroxyl groups is 1. The number of rotatable bonds is 4. The molecule has 2 bridgehead atoms. The quantitative estimate of drug-likeness (QED) is 0.339. The van der Waals surface area contributed by atoms with Crippen LogP contribution in [0, 0.1) is 0 Å². The van der Waals surface area contributed by atoms with Gasteiger partial charge in [-0.05, 0) is 29.8 Å². The highest BCUT2D eigenvalue weighted by atomic mass is 19.4. The average molecular weight is 587 g/mol. The first-order chi connectivity index (χ1) is 19.8. The van der Waals surface area contributed by atoms with Crippen LogP contribution in [0.2, 0.25) is 0 Å². The van der Waals surface area contributed by atoms with Gasteiger partial charge in [-0.15, -0.1) is 0 Å². The first kappa shape index (κ1) is 26.7. The lowest BCUT2D eigenvalue weighted by Gasteiger charge is -2.50. The maximum absolute atomic E-state index is 13.3. The van der Waals surface area contributed by atoms with Crippen LogP contribution in [0.15, 0.2) is 48.8 Å². The summed E-state index contributed by atoms with van der Waals surface area (Å²) in [6, 6.07) is 9.01. The van der Waals surface area contributed by atoms with Gasteiger partial charge in [-0.3, -0.25) is 4.79 Å². The normalized spacial score (nSPS) is 26.7. The molecule has 2 aromatic heterocycles. The van der Waals surface area contributed by atoms with Crippen molar-refractivity contribution in [1.29, 1.82) is 0 Å². The number of carbonyl (C=O) groups is 1. The summed E-state index contributed by atoms with van der Waals surface area (Å²) in [4.78, 5) is 28.1. The predicted octanol–water partition coefficient (Wildman–Crippen LogP) is 4.46. The largest absolute Gasteiger partial charge is 0.434 e. The summed E-state index contributed by atoms with van der Waals surface area (Å²) in [5, 5.41) is 9.83. The minimum Gasteiger partial charge on any atom is -0.434 e. The Bertz CT molecular complexity index is 1750. The van der Waals surface area contributed by atoms with Crippen molar-refractivity contribution in [1.82, 2.24) is 24.4 Å². The maximum Gasteiger partial charge on any atom is 0.417 e. The molecule has 3 N–H and O–H groups in total. The summed E-state index contributed by atoms with van der Waals surface area (Å²) in [5.41, 5.74) is 4.88. The highest BCUT2D eigenvalue weighted by molar-refractivity contribution is 5.98. The highest BCUT2D eigenvalue weighted by Gasteiger charge is 2.67. The third-order valence-electron chi connectivity index (χ3n) is 8.58. The number of nitrogens with two attached hydrogens (primary N) is 1. The topological polar surface area (TPSA) is 119 Å². The Kier molecular flexibility index (Phi) is 5.52. The van der Waals surface area contributed by atoms with Crippen LogP contribution >= 0.6 is 0 Å². The Labute approximate surface area is 234 Å². The lowest BCUT2D eigenvalue weighted by Crippen LogP contribution is -2.66. The van der Waals surface area contributed by atoms with E-state index in [1.165, 1.54) is 24.5 Å². The van der Waals surface area contributed by atoms with E-state index in [0.29, 0.717) is 40.0 Å². The molecule has 0 saturated heterocycles. The number of amides is 1. The number of halogens is 5. The van der Waals surface area contributed by atoms with Crippen molar-refractivity contribution in [2.45, 2.75) is 55.3 Å². The molecule has 1 aliphatic carbocycles. The number of alkyl halides is 5. The number of imidazole rings is 1. The molecule has 1 saturated carbocycles. The number of nitrogens with zero attached hydrogens (tertiary/aromatic N) is 5. The molecule has 4 aromatic rings. The van der Waals surface area contributed by atoms with E-state index in [2.05, 4.69) is 9.97 Å². The van der Waals surface area contributed by atoms with E-state index in [1.54, 1.807) is 30.1 Å². The van der Waals surface area contributed by atoms with Crippen LogP contribution in [0.25, 0.3) is 22.2 Å². The number of carbonyl (C=O) groups excluding carboxylic acids is 1. The van der Waals surface area contributed by atoms with Crippen molar-refractivity contribution in [3.63, 3.8) is 0 Å². The first-order valence-corrected chi connectivity index (χ1v) is 13.1. The average Bonchev–Trinajstić information content (AvgIpc) is 3.44. The molecule has 218 valence electrons. The SMILES string of the molecule is CN1C(=O)c2cccc(OC(F)F)c2[C@H]2C[C@@H]1c1nc3ccc(-c4cnc(C5(N)CC(O)(C(F)(F)F)C5)nc4)cc3n12. The third kappa shape index (κ3) is 3.74. The van der Waals surface area contributed by atoms with Gasteiger partial charge >= 0.3 is 12.8 Å². The lowest BCUT2D eigenvalue weighted by atomic mass is 9.64. The van der Waals surface area contributed by atoms with Crippen LogP contribution in [0.5, 0.6) is 5.75 Å². The van der Waals surface area contributed by atoms with Crippen LogP contribution in [-0.4, -0.2) is 60.9 Å². The fourth-order valence-electron chi connectivity index (χ4n) is 6.54. The number of aromatic nitrogens is 4. The van der Waals surface area contributed by atoms with E-state index in [-0.39, 0.29) is 23.0 Å². The molecule has 2 aromatic carbocycles. The van der Waals surface area contributed by atoms with Crippen molar-refractivity contribution in [2.75, 3.05) is 7.05 Å². The zero-order valence-electron chi connectivity index (χ0n) is 21.9. The zero-order valence-corrected chi connectivity index (χ0v) is 21.9. The summed E-state index contributed by atoms with van der Waals surface area (Å²) >= 11 is 0. The Hall–Kier alpha value is -4.17. The van der Waals surface area contributed by atoms with E-state index in [4.69, 9.17) is 15.5 Å². The minimum atomic E-state index is -4.80. The molecule has 2 atom stereocenters. The van der Waals surface area contributed by atoms with Crippen LogP contribution < -0.4 is 10.5 Å². The van der Waals surface area contributed by atoms with Gasteiger partial charge in [0.15, 0.2) is 5.60 Å². The molecule has 0 spiro atoms. The molecular weight excluding hydrogens is 563 g/mol. The van der Waals surface area contributed by atoms with E-state index in [1.807, 2.05) is 10.6 Å². The monoisotopic (exact) mass is 586 g/mol. The Morgan fingerprint density at radius 1 is 1.10 bits per heavy atom. The standard InChI is InChI=1S/C28H23F5N6O3/c1-38-19-8-18(21-15(23(38)40)3-2-4-20(21)42-25(29)30)39-17-7-13(5-6-16(17)37-22(19)39)14-9-35-24(36-10-14)26(34)11-27(41,12-26)28(31,32)33/h2-7,9-10,18-19,25,41H,8,11-12,34H2,1H3/t18-,19-,26?,27?/m1/s1. The Morgan fingerprint density at radius 2 is 1.81 bits per heavy atom. The predicted molar refractivity (Wildman–Crippen MR) is 138 cm³/mol. The zero-order chi connectivity index (χ0) is 29.8. The fourth-order valence-corrected chi connectivity index (χ4v) is 6.54. The van der Waals surface area contributed by atoms with Gasteiger partial charge < -0.3 is 25.0 Å². The molecule has 42 heavy (non-hydrogen) atoms. The molecule has 2 aliphatic heterocycles. The minimum absolute atomic E-state index is 0.00702. The summed E-state index contributed by atoms with van der Waals surface area (Å²) in [6.45, 7) is -3.08. The summed E-state index contributed by atoms with van der Waals surface area (Å²) in [6.07, 6.45) is -2.97. The molecule has 4 heterocycles. The van der Waals surface area contributed by atoms with E-state index < -0.39 is 48.9 Å². The van der Waals surface area contributed by atoms with Gasteiger partial charge in [0.2, 0.25) is 0 Å². The number of ether oxygens (including phenoxy) is 1. The van der Waals surface area contributed by atoms with Gasteiger partial charge in [-0.25, -0.2) is 15.0 Å². The smallest absolute Gasteiger partial charge is 0.417 e. The van der Waals surface area contributed by atoms with Crippen molar-refractivity contribution < 1.29 is 36.6 Å². The summed E-state index contributed by atoms with van der Waals surface area (Å²) in [7, 11) is 1.65. The van der Waals surface area contributed by atoms with Crippen LogP contribution in [-0.2, 0) is 5.54 Å². The number of benzene rings is 2. The number of fused-ring (bicyclic) bond motifs is 9. The fraction of sp³-hybridized carbons (Fsp3) is 0.357.